The number of benzene rings is 1. The molecule has 0 saturated carbocycles. The SMILES string of the molecule is CCCc1nn(Cc2ccc(C)cc2)c(Cl)c1C#N. The van der Waals surface area contributed by atoms with E-state index in [2.05, 4.69) is 49.3 Å². The van der Waals surface area contributed by atoms with E-state index in [9.17, 15) is 0 Å². The maximum Gasteiger partial charge on any atom is 0.145 e. The summed E-state index contributed by atoms with van der Waals surface area (Å²) in [7, 11) is 0. The Morgan fingerprint density at radius 1 is 1.32 bits per heavy atom. The van der Waals surface area contributed by atoms with Gasteiger partial charge < -0.3 is 0 Å². The van der Waals surface area contributed by atoms with Crippen LogP contribution in [0.3, 0.4) is 0 Å². The lowest BCUT2D eigenvalue weighted by Gasteiger charge is -2.03. The van der Waals surface area contributed by atoms with Crippen molar-refractivity contribution in [2.75, 3.05) is 0 Å². The molecule has 0 atom stereocenters. The third kappa shape index (κ3) is 2.97. The van der Waals surface area contributed by atoms with Gasteiger partial charge in [0.05, 0.1) is 12.2 Å². The van der Waals surface area contributed by atoms with Crippen LogP contribution < -0.4 is 0 Å². The molecule has 2 aromatic rings. The van der Waals surface area contributed by atoms with Crippen LogP contribution in [0.2, 0.25) is 5.15 Å². The van der Waals surface area contributed by atoms with E-state index in [0.29, 0.717) is 17.3 Å². The van der Waals surface area contributed by atoms with Gasteiger partial charge in [-0.15, -0.1) is 0 Å². The Labute approximate surface area is 118 Å². The van der Waals surface area contributed by atoms with Crippen molar-refractivity contribution < 1.29 is 0 Å². The maximum absolute atomic E-state index is 9.15. The van der Waals surface area contributed by atoms with Crippen molar-refractivity contribution in [3.8, 4) is 6.07 Å². The molecule has 0 unspecified atom stereocenters. The molecule has 98 valence electrons. The number of nitrogens with zero attached hydrogens (tertiary/aromatic N) is 3. The van der Waals surface area contributed by atoms with Crippen LogP contribution in [0.5, 0.6) is 0 Å². The monoisotopic (exact) mass is 273 g/mol. The van der Waals surface area contributed by atoms with Crippen molar-refractivity contribution in [1.29, 1.82) is 5.26 Å². The Morgan fingerprint density at radius 3 is 2.58 bits per heavy atom. The van der Waals surface area contributed by atoms with Crippen LogP contribution in [-0.2, 0) is 13.0 Å². The molecule has 0 amide bonds. The van der Waals surface area contributed by atoms with Crippen LogP contribution >= 0.6 is 11.6 Å². The number of hydrogen-bond acceptors (Lipinski definition) is 2. The molecule has 0 aliphatic heterocycles. The highest BCUT2D eigenvalue weighted by molar-refractivity contribution is 6.30. The first-order valence-corrected chi connectivity index (χ1v) is 6.74. The Kier molecular flexibility index (Phi) is 4.24. The molecule has 0 aliphatic carbocycles. The van der Waals surface area contributed by atoms with Crippen molar-refractivity contribution in [2.45, 2.75) is 33.2 Å². The van der Waals surface area contributed by atoms with Crippen molar-refractivity contribution in [2.24, 2.45) is 0 Å². The van der Waals surface area contributed by atoms with Crippen LogP contribution in [0.25, 0.3) is 0 Å². The van der Waals surface area contributed by atoms with Crippen LogP contribution in [0.4, 0.5) is 0 Å². The molecular formula is C15H16ClN3. The van der Waals surface area contributed by atoms with Gasteiger partial charge in [0.15, 0.2) is 0 Å². The molecule has 3 nitrogen and oxygen atoms in total. The summed E-state index contributed by atoms with van der Waals surface area (Å²) in [4.78, 5) is 0. The topological polar surface area (TPSA) is 41.6 Å². The summed E-state index contributed by atoms with van der Waals surface area (Å²) in [6, 6.07) is 10.4. The first-order valence-electron chi connectivity index (χ1n) is 6.36. The number of aromatic nitrogens is 2. The Bertz CT molecular complexity index is 606. The Morgan fingerprint density at radius 2 is 2.00 bits per heavy atom. The van der Waals surface area contributed by atoms with E-state index in [0.717, 1.165) is 24.1 Å². The van der Waals surface area contributed by atoms with Crippen LogP contribution in [-0.4, -0.2) is 9.78 Å². The van der Waals surface area contributed by atoms with Crippen molar-refractivity contribution in [1.82, 2.24) is 9.78 Å². The molecule has 0 fully saturated rings. The highest BCUT2D eigenvalue weighted by Gasteiger charge is 2.15. The molecule has 0 spiro atoms. The molecule has 1 heterocycles. The van der Waals surface area contributed by atoms with Gasteiger partial charge in [0.2, 0.25) is 0 Å². The average Bonchev–Trinajstić information content (AvgIpc) is 2.69. The molecular weight excluding hydrogens is 258 g/mol. The largest absolute Gasteiger partial charge is 0.248 e. The number of halogens is 1. The number of aryl methyl sites for hydroxylation is 2. The molecule has 0 saturated heterocycles. The first-order chi connectivity index (χ1) is 9.15. The summed E-state index contributed by atoms with van der Waals surface area (Å²) in [6.45, 7) is 4.71. The van der Waals surface area contributed by atoms with Crippen LogP contribution in [0.15, 0.2) is 24.3 Å². The van der Waals surface area contributed by atoms with E-state index < -0.39 is 0 Å². The van der Waals surface area contributed by atoms with E-state index in [4.69, 9.17) is 16.9 Å². The summed E-state index contributed by atoms with van der Waals surface area (Å²) in [6.07, 6.45) is 1.73. The Hall–Kier alpha value is -1.79. The third-order valence-electron chi connectivity index (χ3n) is 3.01. The van der Waals surface area contributed by atoms with Gasteiger partial charge in [0, 0.05) is 0 Å². The minimum absolute atomic E-state index is 0.437. The zero-order chi connectivity index (χ0) is 13.8. The fraction of sp³-hybridized carbons (Fsp3) is 0.333. The van der Waals surface area contributed by atoms with E-state index in [1.54, 1.807) is 4.68 Å². The van der Waals surface area contributed by atoms with Crippen LogP contribution in [0.1, 0.15) is 35.7 Å². The second kappa shape index (κ2) is 5.90. The number of nitriles is 1. The normalized spacial score (nSPS) is 10.4. The van der Waals surface area contributed by atoms with Gasteiger partial charge in [-0.3, -0.25) is 0 Å². The lowest BCUT2D eigenvalue weighted by molar-refractivity contribution is 0.668. The molecule has 1 aromatic heterocycles. The third-order valence-corrected chi connectivity index (χ3v) is 3.40. The quantitative estimate of drug-likeness (QED) is 0.852. The highest BCUT2D eigenvalue weighted by atomic mass is 35.5. The second-order valence-corrected chi connectivity index (χ2v) is 4.98. The molecule has 4 heteroatoms. The zero-order valence-electron chi connectivity index (χ0n) is 11.2. The van der Waals surface area contributed by atoms with Crippen molar-refractivity contribution in [3.05, 3.63) is 51.8 Å². The first kappa shape index (κ1) is 13.6. The highest BCUT2D eigenvalue weighted by Crippen LogP contribution is 2.21. The summed E-state index contributed by atoms with van der Waals surface area (Å²) < 4.78 is 1.70. The molecule has 0 N–H and O–H groups in total. The predicted molar refractivity (Wildman–Crippen MR) is 76.2 cm³/mol. The smallest absolute Gasteiger partial charge is 0.145 e. The van der Waals surface area contributed by atoms with Gasteiger partial charge >= 0.3 is 0 Å². The maximum atomic E-state index is 9.15. The van der Waals surface area contributed by atoms with Crippen molar-refractivity contribution in [3.63, 3.8) is 0 Å². The minimum atomic E-state index is 0.437. The summed E-state index contributed by atoms with van der Waals surface area (Å²) in [5, 5.41) is 14.0. The molecule has 19 heavy (non-hydrogen) atoms. The van der Waals surface area contributed by atoms with E-state index >= 15 is 0 Å². The van der Waals surface area contributed by atoms with E-state index in [1.807, 2.05) is 0 Å². The van der Waals surface area contributed by atoms with E-state index in [1.165, 1.54) is 5.56 Å². The van der Waals surface area contributed by atoms with Crippen molar-refractivity contribution >= 4 is 11.6 Å². The van der Waals surface area contributed by atoms with Gasteiger partial charge in [-0.05, 0) is 18.9 Å². The number of rotatable bonds is 4. The standard InChI is InChI=1S/C15H16ClN3/c1-3-4-14-13(9-17)15(16)19(18-14)10-12-7-5-11(2)6-8-12/h5-8H,3-4,10H2,1-2H3. The molecule has 2 rings (SSSR count). The predicted octanol–water partition coefficient (Wildman–Crippen LogP) is 3.72. The van der Waals surface area contributed by atoms with Crippen LogP contribution in [0, 0.1) is 18.3 Å². The average molecular weight is 274 g/mol. The van der Waals surface area contributed by atoms with Gasteiger partial charge in [0.25, 0.3) is 0 Å². The molecule has 0 bridgehead atoms. The second-order valence-electron chi connectivity index (χ2n) is 4.62. The van der Waals surface area contributed by atoms with E-state index in [-0.39, 0.29) is 0 Å². The van der Waals surface area contributed by atoms with Gasteiger partial charge in [-0.25, -0.2) is 4.68 Å². The summed E-state index contributed by atoms with van der Waals surface area (Å²) in [5.41, 5.74) is 3.65. The fourth-order valence-corrected chi connectivity index (χ4v) is 2.23. The number of hydrogen-bond donors (Lipinski definition) is 0. The summed E-state index contributed by atoms with van der Waals surface area (Å²) in [5.74, 6) is 0. The minimum Gasteiger partial charge on any atom is -0.248 e. The van der Waals surface area contributed by atoms with Gasteiger partial charge in [-0.2, -0.15) is 10.4 Å². The molecule has 0 aliphatic rings. The van der Waals surface area contributed by atoms with Gasteiger partial charge in [0.1, 0.15) is 16.8 Å². The molecule has 1 aromatic carbocycles. The molecule has 0 radical (unpaired) electrons. The lowest BCUT2D eigenvalue weighted by atomic mass is 10.1. The zero-order valence-corrected chi connectivity index (χ0v) is 11.9. The Balaban J connectivity index is 2.30. The fourth-order valence-electron chi connectivity index (χ4n) is 1.98. The van der Waals surface area contributed by atoms with Gasteiger partial charge in [-0.1, -0.05) is 54.8 Å². The lowest BCUT2D eigenvalue weighted by Crippen LogP contribution is -2.02. The summed E-state index contributed by atoms with van der Waals surface area (Å²) >= 11 is 6.22.